The SMILES string of the molecule is CCS(=O)(=O)C[C@H](C)N(C)C(=O)/C=C/c1cccc(F)c1. The van der Waals surface area contributed by atoms with E-state index in [0.717, 1.165) is 0 Å². The van der Waals surface area contributed by atoms with Crippen LogP contribution in [0.1, 0.15) is 19.4 Å². The fourth-order valence-corrected chi connectivity index (χ4v) is 2.90. The van der Waals surface area contributed by atoms with Gasteiger partial charge in [-0.2, -0.15) is 0 Å². The Balaban J connectivity index is 2.70. The van der Waals surface area contributed by atoms with Gasteiger partial charge in [0.1, 0.15) is 5.82 Å². The lowest BCUT2D eigenvalue weighted by atomic mass is 10.2. The summed E-state index contributed by atoms with van der Waals surface area (Å²) < 4.78 is 36.1. The van der Waals surface area contributed by atoms with Crippen molar-refractivity contribution < 1.29 is 17.6 Å². The molecule has 4 nitrogen and oxygen atoms in total. The van der Waals surface area contributed by atoms with Gasteiger partial charge in [0, 0.05) is 24.9 Å². The monoisotopic (exact) mass is 313 g/mol. The average molecular weight is 313 g/mol. The van der Waals surface area contributed by atoms with Crippen molar-refractivity contribution in [1.29, 1.82) is 0 Å². The van der Waals surface area contributed by atoms with E-state index >= 15 is 0 Å². The molecule has 6 heteroatoms. The van der Waals surface area contributed by atoms with E-state index in [9.17, 15) is 17.6 Å². The van der Waals surface area contributed by atoms with Crippen molar-refractivity contribution >= 4 is 21.8 Å². The summed E-state index contributed by atoms with van der Waals surface area (Å²) in [6.45, 7) is 3.26. The summed E-state index contributed by atoms with van der Waals surface area (Å²) in [5.41, 5.74) is 0.575. The van der Waals surface area contributed by atoms with Crippen molar-refractivity contribution in [3.8, 4) is 0 Å². The van der Waals surface area contributed by atoms with Gasteiger partial charge in [-0.05, 0) is 30.7 Å². The summed E-state index contributed by atoms with van der Waals surface area (Å²) >= 11 is 0. The minimum Gasteiger partial charge on any atom is -0.338 e. The third kappa shape index (κ3) is 5.67. The minimum atomic E-state index is -3.14. The number of carbonyl (C=O) groups excluding carboxylic acids is 1. The zero-order valence-electron chi connectivity index (χ0n) is 12.4. The highest BCUT2D eigenvalue weighted by atomic mass is 32.2. The minimum absolute atomic E-state index is 0.0541. The molecule has 0 saturated carbocycles. The largest absolute Gasteiger partial charge is 0.338 e. The van der Waals surface area contributed by atoms with E-state index in [0.29, 0.717) is 5.56 Å². The van der Waals surface area contributed by atoms with E-state index < -0.39 is 15.9 Å². The number of likely N-dealkylation sites (N-methyl/N-ethyl adjacent to an activating group) is 1. The maximum absolute atomic E-state index is 13.0. The quantitative estimate of drug-likeness (QED) is 0.756. The van der Waals surface area contributed by atoms with Crippen LogP contribution in [0.3, 0.4) is 0 Å². The summed E-state index contributed by atoms with van der Waals surface area (Å²) in [5.74, 6) is -0.712. The first kappa shape index (κ1) is 17.4. The van der Waals surface area contributed by atoms with Crippen molar-refractivity contribution in [2.45, 2.75) is 19.9 Å². The number of amides is 1. The third-order valence-corrected chi connectivity index (χ3v) is 5.08. The number of halogens is 1. The maximum Gasteiger partial charge on any atom is 0.246 e. The molecule has 0 saturated heterocycles. The normalized spacial score (nSPS) is 13.3. The number of hydrogen-bond acceptors (Lipinski definition) is 3. The van der Waals surface area contributed by atoms with Crippen LogP contribution in [0.2, 0.25) is 0 Å². The molecule has 0 radical (unpaired) electrons. The highest BCUT2D eigenvalue weighted by Gasteiger charge is 2.19. The highest BCUT2D eigenvalue weighted by Crippen LogP contribution is 2.07. The second kappa shape index (κ2) is 7.36. The Morgan fingerprint density at radius 2 is 2.10 bits per heavy atom. The number of rotatable bonds is 6. The predicted molar refractivity (Wildman–Crippen MR) is 82.0 cm³/mol. The molecule has 1 amide bonds. The molecule has 1 atom stereocenters. The third-order valence-electron chi connectivity index (χ3n) is 3.21. The Kier molecular flexibility index (Phi) is 6.08. The molecule has 0 N–H and O–H groups in total. The van der Waals surface area contributed by atoms with Crippen molar-refractivity contribution in [2.24, 2.45) is 0 Å². The van der Waals surface area contributed by atoms with Crippen LogP contribution >= 0.6 is 0 Å². The Bertz CT molecular complexity index is 626. The lowest BCUT2D eigenvalue weighted by Crippen LogP contribution is -2.38. The van der Waals surface area contributed by atoms with Gasteiger partial charge in [0.15, 0.2) is 9.84 Å². The van der Waals surface area contributed by atoms with Crippen LogP contribution in [0.15, 0.2) is 30.3 Å². The number of sulfone groups is 1. The van der Waals surface area contributed by atoms with Crippen LogP contribution in [0, 0.1) is 5.82 Å². The number of benzene rings is 1. The molecule has 116 valence electrons. The summed E-state index contributed by atoms with van der Waals surface area (Å²) in [5, 5.41) is 0. The molecule has 0 spiro atoms. The molecule has 0 aliphatic carbocycles. The topological polar surface area (TPSA) is 54.5 Å². The second-order valence-corrected chi connectivity index (χ2v) is 7.28. The molecule has 0 unspecified atom stereocenters. The standard InChI is InChI=1S/C15H20FNO3S/c1-4-21(19,20)11-12(2)17(3)15(18)9-8-13-6-5-7-14(16)10-13/h5-10,12H,4,11H2,1-3H3/b9-8+/t12-/m0/s1. The van der Waals surface area contributed by atoms with Crippen LogP contribution in [0.4, 0.5) is 4.39 Å². The van der Waals surface area contributed by atoms with Gasteiger partial charge in [-0.25, -0.2) is 12.8 Å². The molecule has 0 bridgehead atoms. The van der Waals surface area contributed by atoms with Gasteiger partial charge in [0.05, 0.1) is 5.75 Å². The first-order chi connectivity index (χ1) is 9.75. The molecule has 1 rings (SSSR count). The molecule has 1 aromatic carbocycles. The van der Waals surface area contributed by atoms with Crippen molar-refractivity contribution in [2.75, 3.05) is 18.6 Å². The van der Waals surface area contributed by atoms with Gasteiger partial charge in [-0.15, -0.1) is 0 Å². The van der Waals surface area contributed by atoms with E-state index in [1.807, 2.05) is 0 Å². The van der Waals surface area contributed by atoms with Gasteiger partial charge in [-0.1, -0.05) is 19.1 Å². The Morgan fingerprint density at radius 1 is 1.43 bits per heavy atom. The van der Waals surface area contributed by atoms with E-state index in [-0.39, 0.29) is 23.2 Å². The Morgan fingerprint density at radius 3 is 2.67 bits per heavy atom. The number of carbonyl (C=O) groups is 1. The molecular weight excluding hydrogens is 293 g/mol. The lowest BCUT2D eigenvalue weighted by molar-refractivity contribution is -0.126. The summed E-state index contributed by atoms with van der Waals surface area (Å²) in [6.07, 6.45) is 2.81. The van der Waals surface area contributed by atoms with Crippen LogP contribution in [0.5, 0.6) is 0 Å². The molecule has 0 fully saturated rings. The van der Waals surface area contributed by atoms with Crippen LogP contribution in [0.25, 0.3) is 6.08 Å². The van der Waals surface area contributed by atoms with Crippen LogP contribution < -0.4 is 0 Å². The van der Waals surface area contributed by atoms with E-state index in [1.54, 1.807) is 33.0 Å². The van der Waals surface area contributed by atoms with Crippen molar-refractivity contribution in [3.05, 3.63) is 41.7 Å². The van der Waals surface area contributed by atoms with Gasteiger partial charge in [0.2, 0.25) is 5.91 Å². The molecule has 0 aliphatic rings. The number of nitrogens with zero attached hydrogens (tertiary/aromatic N) is 1. The fraction of sp³-hybridized carbons (Fsp3) is 0.400. The van der Waals surface area contributed by atoms with Crippen molar-refractivity contribution in [3.63, 3.8) is 0 Å². The lowest BCUT2D eigenvalue weighted by Gasteiger charge is -2.23. The smallest absolute Gasteiger partial charge is 0.246 e. The Hall–Kier alpha value is -1.69. The zero-order chi connectivity index (χ0) is 16.0. The molecule has 0 aliphatic heterocycles. The van der Waals surface area contributed by atoms with E-state index in [1.165, 1.54) is 29.2 Å². The fourth-order valence-electron chi connectivity index (χ4n) is 1.71. The molecule has 21 heavy (non-hydrogen) atoms. The molecule has 1 aromatic rings. The van der Waals surface area contributed by atoms with Gasteiger partial charge in [0.25, 0.3) is 0 Å². The van der Waals surface area contributed by atoms with Gasteiger partial charge >= 0.3 is 0 Å². The predicted octanol–water partition coefficient (Wildman–Crippen LogP) is 2.12. The average Bonchev–Trinajstić information content (AvgIpc) is 2.43. The van der Waals surface area contributed by atoms with Crippen LogP contribution in [-0.4, -0.2) is 43.8 Å². The first-order valence-electron chi connectivity index (χ1n) is 6.66. The molecular formula is C15H20FNO3S. The maximum atomic E-state index is 13.0. The summed E-state index contributed by atoms with van der Waals surface area (Å²) in [7, 11) is -1.59. The molecule has 0 aromatic heterocycles. The Labute approximate surface area is 125 Å². The van der Waals surface area contributed by atoms with Gasteiger partial charge < -0.3 is 4.90 Å². The van der Waals surface area contributed by atoms with Crippen molar-refractivity contribution in [1.82, 2.24) is 4.90 Å². The second-order valence-electron chi connectivity index (χ2n) is 4.89. The van der Waals surface area contributed by atoms with Crippen LogP contribution in [-0.2, 0) is 14.6 Å². The number of hydrogen-bond donors (Lipinski definition) is 0. The first-order valence-corrected chi connectivity index (χ1v) is 8.48. The molecule has 0 heterocycles. The summed E-state index contributed by atoms with van der Waals surface area (Å²) in [6, 6.07) is 5.45. The summed E-state index contributed by atoms with van der Waals surface area (Å²) in [4.78, 5) is 13.3. The van der Waals surface area contributed by atoms with E-state index in [2.05, 4.69) is 0 Å². The zero-order valence-corrected chi connectivity index (χ0v) is 13.2. The van der Waals surface area contributed by atoms with E-state index in [4.69, 9.17) is 0 Å². The highest BCUT2D eigenvalue weighted by molar-refractivity contribution is 7.91. The van der Waals surface area contributed by atoms with Gasteiger partial charge in [-0.3, -0.25) is 4.79 Å².